The van der Waals surface area contributed by atoms with Gasteiger partial charge in [-0.25, -0.2) is 0 Å². The van der Waals surface area contributed by atoms with Crippen LogP contribution in [0.2, 0.25) is 0 Å². The van der Waals surface area contributed by atoms with Crippen molar-refractivity contribution in [3.8, 4) is 5.75 Å². The molecule has 1 N–H and O–H groups in total. The molecule has 0 aliphatic rings. The van der Waals surface area contributed by atoms with Crippen LogP contribution in [-0.2, 0) is 0 Å². The van der Waals surface area contributed by atoms with Gasteiger partial charge in [-0.3, -0.25) is 0 Å². The number of likely N-dealkylation sites (N-methyl/N-ethyl adjacent to an activating group) is 1. The zero-order valence-corrected chi connectivity index (χ0v) is 12.4. The van der Waals surface area contributed by atoms with Crippen molar-refractivity contribution in [2.24, 2.45) is 0 Å². The van der Waals surface area contributed by atoms with E-state index >= 15 is 0 Å². The van der Waals surface area contributed by atoms with Crippen LogP contribution < -0.4 is 15.0 Å². The molecule has 0 aliphatic carbocycles. The number of ether oxygens (including phenoxy) is 1. The number of rotatable bonds is 6. The maximum Gasteiger partial charge on any atom is 0.120 e. The first kappa shape index (κ1) is 14.3. The molecule has 0 saturated carbocycles. The average Bonchev–Trinajstić information content (AvgIpc) is 2.49. The van der Waals surface area contributed by atoms with Crippen molar-refractivity contribution in [1.29, 1.82) is 0 Å². The zero-order chi connectivity index (χ0) is 14.4. The minimum absolute atomic E-state index is 0.890. The minimum atomic E-state index is 0.890. The topological polar surface area (TPSA) is 24.5 Å². The van der Waals surface area contributed by atoms with E-state index < -0.39 is 0 Å². The highest BCUT2D eigenvalue weighted by Crippen LogP contribution is 2.19. The first-order valence-corrected chi connectivity index (χ1v) is 6.85. The van der Waals surface area contributed by atoms with E-state index in [2.05, 4.69) is 54.5 Å². The van der Waals surface area contributed by atoms with Gasteiger partial charge in [0.25, 0.3) is 0 Å². The molecule has 2 aromatic rings. The Labute approximate surface area is 121 Å². The molecule has 0 aliphatic heterocycles. The SMILES string of the molecule is COc1cccc(N(C)CCNc2ccccc2C)c1. The second-order valence-electron chi connectivity index (χ2n) is 4.86. The highest BCUT2D eigenvalue weighted by Gasteiger charge is 2.02. The van der Waals surface area contributed by atoms with Gasteiger partial charge < -0.3 is 15.0 Å². The third-order valence-electron chi connectivity index (χ3n) is 3.40. The van der Waals surface area contributed by atoms with Gasteiger partial charge in [0.15, 0.2) is 0 Å². The largest absolute Gasteiger partial charge is 0.497 e. The van der Waals surface area contributed by atoms with Gasteiger partial charge in [0.1, 0.15) is 5.75 Å². The zero-order valence-electron chi connectivity index (χ0n) is 12.4. The minimum Gasteiger partial charge on any atom is -0.497 e. The summed E-state index contributed by atoms with van der Waals surface area (Å²) in [6, 6.07) is 16.5. The Morgan fingerprint density at radius 1 is 1.10 bits per heavy atom. The number of nitrogens with one attached hydrogen (secondary N) is 1. The number of methoxy groups -OCH3 is 1. The van der Waals surface area contributed by atoms with Crippen LogP contribution in [0.25, 0.3) is 0 Å². The number of nitrogens with zero attached hydrogens (tertiary/aromatic N) is 1. The molecular weight excluding hydrogens is 248 g/mol. The van der Waals surface area contributed by atoms with Crippen LogP contribution in [0.15, 0.2) is 48.5 Å². The molecular formula is C17H22N2O. The molecule has 0 amide bonds. The lowest BCUT2D eigenvalue weighted by Crippen LogP contribution is -2.24. The highest BCUT2D eigenvalue weighted by molar-refractivity contribution is 5.52. The predicted octanol–water partition coefficient (Wildman–Crippen LogP) is 3.55. The molecule has 0 atom stereocenters. The van der Waals surface area contributed by atoms with Crippen molar-refractivity contribution >= 4 is 11.4 Å². The van der Waals surface area contributed by atoms with Gasteiger partial charge in [-0.15, -0.1) is 0 Å². The van der Waals surface area contributed by atoms with Crippen molar-refractivity contribution in [3.05, 3.63) is 54.1 Å². The maximum atomic E-state index is 5.25. The van der Waals surface area contributed by atoms with Crippen molar-refractivity contribution in [2.75, 3.05) is 37.5 Å². The molecule has 0 heterocycles. The van der Waals surface area contributed by atoms with Gasteiger partial charge in [-0.2, -0.15) is 0 Å². The normalized spacial score (nSPS) is 10.2. The number of aryl methyl sites for hydroxylation is 1. The van der Waals surface area contributed by atoms with Crippen molar-refractivity contribution < 1.29 is 4.74 Å². The fraction of sp³-hybridized carbons (Fsp3) is 0.294. The third kappa shape index (κ3) is 3.67. The summed E-state index contributed by atoms with van der Waals surface area (Å²) in [5.41, 5.74) is 3.64. The Morgan fingerprint density at radius 2 is 1.90 bits per heavy atom. The summed E-state index contributed by atoms with van der Waals surface area (Å²) in [4.78, 5) is 2.22. The Hall–Kier alpha value is -2.16. The number of benzene rings is 2. The monoisotopic (exact) mass is 270 g/mol. The van der Waals surface area contributed by atoms with E-state index in [1.54, 1.807) is 7.11 Å². The summed E-state index contributed by atoms with van der Waals surface area (Å²) in [6.07, 6.45) is 0. The standard InChI is InChI=1S/C17H22N2O/c1-14-7-4-5-10-17(14)18-11-12-19(2)15-8-6-9-16(13-15)20-3/h4-10,13,18H,11-12H2,1-3H3. The van der Waals surface area contributed by atoms with Crippen LogP contribution in [0, 0.1) is 6.92 Å². The summed E-state index contributed by atoms with van der Waals surface area (Å²) in [5, 5.41) is 3.47. The highest BCUT2D eigenvalue weighted by atomic mass is 16.5. The summed E-state index contributed by atoms with van der Waals surface area (Å²) >= 11 is 0. The van der Waals surface area contributed by atoms with Gasteiger partial charge in [0, 0.05) is 37.6 Å². The molecule has 0 saturated heterocycles. The summed E-state index contributed by atoms with van der Waals surface area (Å²) in [7, 11) is 3.78. The molecule has 0 spiro atoms. The molecule has 0 fully saturated rings. The van der Waals surface area contributed by atoms with Gasteiger partial charge in [-0.05, 0) is 30.7 Å². The Kier molecular flexibility index (Phi) is 4.88. The van der Waals surface area contributed by atoms with E-state index in [-0.39, 0.29) is 0 Å². The van der Waals surface area contributed by atoms with Gasteiger partial charge in [0.2, 0.25) is 0 Å². The molecule has 2 rings (SSSR count). The first-order valence-electron chi connectivity index (χ1n) is 6.85. The van der Waals surface area contributed by atoms with Crippen LogP contribution in [0.1, 0.15) is 5.56 Å². The number of para-hydroxylation sites is 1. The van der Waals surface area contributed by atoms with Crippen LogP contribution in [0.3, 0.4) is 0 Å². The molecule has 3 heteroatoms. The third-order valence-corrected chi connectivity index (χ3v) is 3.40. The first-order chi connectivity index (χ1) is 9.70. The Morgan fingerprint density at radius 3 is 2.65 bits per heavy atom. The average molecular weight is 270 g/mol. The molecule has 0 unspecified atom stereocenters. The second kappa shape index (κ2) is 6.85. The summed E-state index contributed by atoms with van der Waals surface area (Å²) in [5.74, 6) is 0.890. The van der Waals surface area contributed by atoms with E-state index in [0.717, 1.165) is 24.5 Å². The van der Waals surface area contributed by atoms with Crippen molar-refractivity contribution in [3.63, 3.8) is 0 Å². The molecule has 3 nitrogen and oxygen atoms in total. The Bertz CT molecular complexity index is 554. The smallest absolute Gasteiger partial charge is 0.120 e. The van der Waals surface area contributed by atoms with E-state index in [1.165, 1.54) is 11.3 Å². The molecule has 106 valence electrons. The van der Waals surface area contributed by atoms with E-state index in [4.69, 9.17) is 4.74 Å². The molecule has 0 radical (unpaired) electrons. The summed E-state index contributed by atoms with van der Waals surface area (Å²) in [6.45, 7) is 3.95. The number of hydrogen-bond donors (Lipinski definition) is 1. The van der Waals surface area contributed by atoms with Crippen LogP contribution in [-0.4, -0.2) is 27.2 Å². The second-order valence-corrected chi connectivity index (χ2v) is 4.86. The van der Waals surface area contributed by atoms with E-state index in [9.17, 15) is 0 Å². The number of hydrogen-bond acceptors (Lipinski definition) is 3. The lowest BCUT2D eigenvalue weighted by Gasteiger charge is -2.20. The van der Waals surface area contributed by atoms with E-state index in [1.807, 2.05) is 18.2 Å². The molecule has 0 bridgehead atoms. The molecule has 0 aromatic heterocycles. The lowest BCUT2D eigenvalue weighted by atomic mass is 10.2. The molecule has 2 aromatic carbocycles. The summed E-state index contributed by atoms with van der Waals surface area (Å²) < 4.78 is 5.25. The quantitative estimate of drug-likeness (QED) is 0.868. The fourth-order valence-corrected chi connectivity index (χ4v) is 2.11. The fourth-order valence-electron chi connectivity index (χ4n) is 2.11. The van der Waals surface area contributed by atoms with E-state index in [0.29, 0.717) is 0 Å². The van der Waals surface area contributed by atoms with Gasteiger partial charge in [-0.1, -0.05) is 24.3 Å². The van der Waals surface area contributed by atoms with Crippen molar-refractivity contribution in [1.82, 2.24) is 0 Å². The lowest BCUT2D eigenvalue weighted by molar-refractivity contribution is 0.415. The maximum absolute atomic E-state index is 5.25. The van der Waals surface area contributed by atoms with Gasteiger partial charge in [0.05, 0.1) is 7.11 Å². The van der Waals surface area contributed by atoms with Gasteiger partial charge >= 0.3 is 0 Å². The van der Waals surface area contributed by atoms with Crippen LogP contribution >= 0.6 is 0 Å². The predicted molar refractivity (Wildman–Crippen MR) is 85.9 cm³/mol. The van der Waals surface area contributed by atoms with Crippen molar-refractivity contribution in [2.45, 2.75) is 6.92 Å². The Balaban J connectivity index is 1.89. The number of anilines is 2. The molecule has 20 heavy (non-hydrogen) atoms. The van der Waals surface area contributed by atoms with Crippen LogP contribution in [0.5, 0.6) is 5.75 Å². The van der Waals surface area contributed by atoms with Crippen LogP contribution in [0.4, 0.5) is 11.4 Å².